The van der Waals surface area contributed by atoms with E-state index in [0.717, 1.165) is 11.3 Å². The molecule has 0 atom stereocenters. The number of nitrogens with two attached hydrogens (primary N) is 1. The SMILES string of the molecule is Cc1cccc(OCCNc2ccc(F)cc2N)c1. The van der Waals surface area contributed by atoms with E-state index in [4.69, 9.17) is 10.5 Å². The van der Waals surface area contributed by atoms with E-state index < -0.39 is 0 Å². The summed E-state index contributed by atoms with van der Waals surface area (Å²) in [7, 11) is 0. The summed E-state index contributed by atoms with van der Waals surface area (Å²) in [4.78, 5) is 0. The van der Waals surface area contributed by atoms with Gasteiger partial charge in [0.2, 0.25) is 0 Å². The molecule has 0 fully saturated rings. The summed E-state index contributed by atoms with van der Waals surface area (Å²) in [5.41, 5.74) is 7.97. The second kappa shape index (κ2) is 6.09. The molecule has 0 aromatic heterocycles. The van der Waals surface area contributed by atoms with Crippen LogP contribution in [0.15, 0.2) is 42.5 Å². The lowest BCUT2D eigenvalue weighted by Crippen LogP contribution is -2.12. The van der Waals surface area contributed by atoms with Crippen molar-refractivity contribution in [3.05, 3.63) is 53.8 Å². The minimum absolute atomic E-state index is 0.334. The van der Waals surface area contributed by atoms with Crippen molar-refractivity contribution in [2.75, 3.05) is 24.2 Å². The molecule has 3 N–H and O–H groups in total. The van der Waals surface area contributed by atoms with Gasteiger partial charge in [-0.05, 0) is 42.8 Å². The minimum Gasteiger partial charge on any atom is -0.492 e. The van der Waals surface area contributed by atoms with Crippen molar-refractivity contribution in [2.24, 2.45) is 0 Å². The maximum atomic E-state index is 12.9. The van der Waals surface area contributed by atoms with E-state index >= 15 is 0 Å². The highest BCUT2D eigenvalue weighted by Crippen LogP contribution is 2.18. The molecule has 0 heterocycles. The minimum atomic E-state index is -0.334. The van der Waals surface area contributed by atoms with E-state index in [1.165, 1.54) is 12.1 Å². The lowest BCUT2D eigenvalue weighted by Gasteiger charge is -2.10. The molecular weight excluding hydrogens is 243 g/mol. The van der Waals surface area contributed by atoms with Gasteiger partial charge in [-0.2, -0.15) is 0 Å². The van der Waals surface area contributed by atoms with Crippen LogP contribution in [0, 0.1) is 12.7 Å². The van der Waals surface area contributed by atoms with Crippen molar-refractivity contribution >= 4 is 11.4 Å². The lowest BCUT2D eigenvalue weighted by atomic mass is 10.2. The summed E-state index contributed by atoms with van der Waals surface area (Å²) in [5.74, 6) is 0.507. The van der Waals surface area contributed by atoms with Crippen LogP contribution in [0.5, 0.6) is 5.75 Å². The average molecular weight is 260 g/mol. The van der Waals surface area contributed by atoms with Gasteiger partial charge in [0.1, 0.15) is 18.2 Å². The maximum Gasteiger partial charge on any atom is 0.125 e. The summed E-state index contributed by atoms with van der Waals surface area (Å²) in [6.45, 7) is 3.13. The standard InChI is InChI=1S/C15H17FN2O/c1-11-3-2-4-13(9-11)19-8-7-18-15-6-5-12(16)10-14(15)17/h2-6,9-10,18H,7-8,17H2,1H3. The average Bonchev–Trinajstić information content (AvgIpc) is 2.37. The van der Waals surface area contributed by atoms with Crippen molar-refractivity contribution in [3.63, 3.8) is 0 Å². The highest BCUT2D eigenvalue weighted by Gasteiger charge is 2.00. The quantitative estimate of drug-likeness (QED) is 0.641. The molecule has 0 amide bonds. The number of benzene rings is 2. The Kier molecular flexibility index (Phi) is 4.23. The van der Waals surface area contributed by atoms with Crippen LogP contribution in [-0.2, 0) is 0 Å². The largest absolute Gasteiger partial charge is 0.492 e. The monoisotopic (exact) mass is 260 g/mol. The normalized spacial score (nSPS) is 10.2. The van der Waals surface area contributed by atoms with Gasteiger partial charge < -0.3 is 15.8 Å². The smallest absolute Gasteiger partial charge is 0.125 e. The third kappa shape index (κ3) is 3.88. The van der Waals surface area contributed by atoms with E-state index in [0.29, 0.717) is 24.5 Å². The zero-order chi connectivity index (χ0) is 13.7. The summed E-state index contributed by atoms with van der Waals surface area (Å²) in [5, 5.41) is 3.11. The fraction of sp³-hybridized carbons (Fsp3) is 0.200. The first kappa shape index (κ1) is 13.2. The van der Waals surface area contributed by atoms with E-state index in [9.17, 15) is 4.39 Å². The van der Waals surface area contributed by atoms with Crippen LogP contribution >= 0.6 is 0 Å². The Labute approximate surface area is 112 Å². The second-order valence-electron chi connectivity index (χ2n) is 4.32. The number of hydrogen-bond donors (Lipinski definition) is 2. The Morgan fingerprint density at radius 3 is 2.79 bits per heavy atom. The van der Waals surface area contributed by atoms with E-state index in [1.807, 2.05) is 31.2 Å². The third-order valence-electron chi connectivity index (χ3n) is 2.69. The highest BCUT2D eigenvalue weighted by molar-refractivity contribution is 5.65. The first-order chi connectivity index (χ1) is 9.15. The number of nitrogens with one attached hydrogen (secondary N) is 1. The van der Waals surface area contributed by atoms with Crippen LogP contribution < -0.4 is 15.8 Å². The molecule has 100 valence electrons. The number of ether oxygens (including phenoxy) is 1. The molecule has 2 aromatic carbocycles. The van der Waals surface area contributed by atoms with E-state index in [2.05, 4.69) is 5.32 Å². The zero-order valence-electron chi connectivity index (χ0n) is 10.8. The number of anilines is 2. The fourth-order valence-electron chi connectivity index (χ4n) is 1.75. The predicted molar refractivity (Wildman–Crippen MR) is 76.0 cm³/mol. The zero-order valence-corrected chi connectivity index (χ0v) is 10.8. The Hall–Kier alpha value is -2.23. The van der Waals surface area contributed by atoms with Gasteiger partial charge in [0.15, 0.2) is 0 Å². The molecule has 0 saturated carbocycles. The van der Waals surface area contributed by atoms with Crippen molar-refractivity contribution in [1.82, 2.24) is 0 Å². The van der Waals surface area contributed by atoms with Gasteiger partial charge in [-0.15, -0.1) is 0 Å². The molecule has 0 spiro atoms. The second-order valence-corrected chi connectivity index (χ2v) is 4.32. The maximum absolute atomic E-state index is 12.9. The first-order valence-electron chi connectivity index (χ1n) is 6.13. The van der Waals surface area contributed by atoms with Gasteiger partial charge in [0.25, 0.3) is 0 Å². The van der Waals surface area contributed by atoms with Gasteiger partial charge in [0.05, 0.1) is 11.4 Å². The molecule has 0 bridgehead atoms. The van der Waals surface area contributed by atoms with Crippen LogP contribution in [-0.4, -0.2) is 13.2 Å². The Morgan fingerprint density at radius 2 is 2.05 bits per heavy atom. The van der Waals surface area contributed by atoms with Crippen molar-refractivity contribution in [3.8, 4) is 5.75 Å². The number of hydrogen-bond acceptors (Lipinski definition) is 3. The fourth-order valence-corrected chi connectivity index (χ4v) is 1.75. The third-order valence-corrected chi connectivity index (χ3v) is 2.69. The Morgan fingerprint density at radius 1 is 1.21 bits per heavy atom. The summed E-state index contributed by atoms with van der Waals surface area (Å²) in [6.07, 6.45) is 0. The molecule has 0 unspecified atom stereocenters. The molecule has 2 aromatic rings. The molecular formula is C15H17FN2O. The van der Waals surface area contributed by atoms with Crippen molar-refractivity contribution in [2.45, 2.75) is 6.92 Å². The van der Waals surface area contributed by atoms with Crippen LogP contribution in [0.4, 0.5) is 15.8 Å². The number of rotatable bonds is 5. The van der Waals surface area contributed by atoms with Gasteiger partial charge >= 0.3 is 0 Å². The molecule has 0 radical (unpaired) electrons. The Balaban J connectivity index is 1.81. The molecule has 2 rings (SSSR count). The van der Waals surface area contributed by atoms with Crippen molar-refractivity contribution in [1.29, 1.82) is 0 Å². The first-order valence-corrected chi connectivity index (χ1v) is 6.13. The van der Waals surface area contributed by atoms with Crippen LogP contribution in [0.1, 0.15) is 5.56 Å². The van der Waals surface area contributed by atoms with Crippen LogP contribution in [0.3, 0.4) is 0 Å². The Bertz CT molecular complexity index is 558. The van der Waals surface area contributed by atoms with Gasteiger partial charge in [-0.25, -0.2) is 4.39 Å². The summed E-state index contributed by atoms with van der Waals surface area (Å²) >= 11 is 0. The highest BCUT2D eigenvalue weighted by atomic mass is 19.1. The molecule has 0 aliphatic heterocycles. The molecule has 0 aliphatic carbocycles. The van der Waals surface area contributed by atoms with Crippen molar-refractivity contribution < 1.29 is 9.13 Å². The number of halogens is 1. The van der Waals surface area contributed by atoms with Crippen LogP contribution in [0.2, 0.25) is 0 Å². The topological polar surface area (TPSA) is 47.3 Å². The number of nitrogen functional groups attached to an aromatic ring is 1. The molecule has 0 aliphatic rings. The van der Waals surface area contributed by atoms with Gasteiger partial charge in [-0.1, -0.05) is 12.1 Å². The molecule has 19 heavy (non-hydrogen) atoms. The molecule has 0 saturated heterocycles. The number of aryl methyl sites for hydroxylation is 1. The van der Waals surface area contributed by atoms with Gasteiger partial charge in [-0.3, -0.25) is 0 Å². The summed E-state index contributed by atoms with van der Waals surface area (Å²) < 4.78 is 18.5. The molecule has 3 nitrogen and oxygen atoms in total. The predicted octanol–water partition coefficient (Wildman–Crippen LogP) is 3.21. The molecule has 4 heteroatoms. The summed E-state index contributed by atoms with van der Waals surface area (Å²) in [6, 6.07) is 12.2. The van der Waals surface area contributed by atoms with Crippen LogP contribution in [0.25, 0.3) is 0 Å². The van der Waals surface area contributed by atoms with Gasteiger partial charge in [0, 0.05) is 6.54 Å². The van der Waals surface area contributed by atoms with E-state index in [-0.39, 0.29) is 5.82 Å². The lowest BCUT2D eigenvalue weighted by molar-refractivity contribution is 0.332. The van der Waals surface area contributed by atoms with E-state index in [1.54, 1.807) is 6.07 Å².